The lowest BCUT2D eigenvalue weighted by molar-refractivity contribution is -0.149. The minimum Gasteiger partial charge on any atom is -0.480 e. The maximum atomic E-state index is 12.3. The van der Waals surface area contributed by atoms with Crippen molar-refractivity contribution in [3.63, 3.8) is 0 Å². The number of halogens is 3. The summed E-state index contributed by atoms with van der Waals surface area (Å²) in [6.07, 6.45) is -4.71. The second-order valence-corrected chi connectivity index (χ2v) is 3.86. The molecule has 0 aliphatic heterocycles. The van der Waals surface area contributed by atoms with E-state index >= 15 is 0 Å². The molecule has 0 saturated heterocycles. The van der Waals surface area contributed by atoms with Crippen LogP contribution in [0.2, 0.25) is 0 Å². The predicted molar refractivity (Wildman–Crippen MR) is 60.8 cm³/mol. The Hall–Kier alpha value is -2.56. The summed E-state index contributed by atoms with van der Waals surface area (Å²) < 4.78 is 37.0. The van der Waals surface area contributed by atoms with E-state index in [9.17, 15) is 22.8 Å². The summed E-state index contributed by atoms with van der Waals surface area (Å²) in [4.78, 5) is 22.6. The first kappa shape index (κ1) is 15.5. The van der Waals surface area contributed by atoms with Crippen LogP contribution in [-0.4, -0.2) is 41.1 Å². The third-order valence-corrected chi connectivity index (χ3v) is 2.22. The topological polar surface area (TPSA) is 81.4 Å². The van der Waals surface area contributed by atoms with Crippen LogP contribution < -0.4 is 0 Å². The van der Waals surface area contributed by atoms with E-state index in [0.717, 1.165) is 6.07 Å². The van der Waals surface area contributed by atoms with Crippen molar-refractivity contribution in [3.8, 4) is 6.07 Å². The van der Waals surface area contributed by atoms with Gasteiger partial charge < -0.3 is 10.0 Å². The summed E-state index contributed by atoms with van der Waals surface area (Å²) >= 11 is 0. The zero-order valence-electron chi connectivity index (χ0n) is 10.0. The van der Waals surface area contributed by atoms with E-state index in [1.165, 1.54) is 18.2 Å². The molecule has 0 aliphatic rings. The van der Waals surface area contributed by atoms with Crippen molar-refractivity contribution in [3.05, 3.63) is 35.4 Å². The molecule has 1 amide bonds. The zero-order valence-corrected chi connectivity index (χ0v) is 10.0. The molecule has 1 N–H and O–H groups in total. The number of benzene rings is 1. The molecule has 0 spiro atoms. The second kappa shape index (κ2) is 6.06. The highest BCUT2D eigenvalue weighted by Gasteiger charge is 2.34. The molecule has 0 unspecified atom stereocenters. The summed E-state index contributed by atoms with van der Waals surface area (Å²) in [5.41, 5.74) is -0.0762. The first-order valence-corrected chi connectivity index (χ1v) is 5.31. The number of hydrogen-bond acceptors (Lipinski definition) is 3. The molecule has 5 nitrogen and oxygen atoms in total. The lowest BCUT2D eigenvalue weighted by atomic mass is 10.1. The molecule has 0 saturated carbocycles. The number of aliphatic carboxylic acids is 1. The third-order valence-electron chi connectivity index (χ3n) is 2.22. The van der Waals surface area contributed by atoms with Gasteiger partial charge in [-0.15, -0.1) is 0 Å². The number of carbonyl (C=O) groups excluding carboxylic acids is 1. The van der Waals surface area contributed by atoms with E-state index in [1.54, 1.807) is 6.07 Å². The van der Waals surface area contributed by atoms with Gasteiger partial charge in [-0.1, -0.05) is 6.07 Å². The minimum atomic E-state index is -4.71. The smallest absolute Gasteiger partial charge is 0.406 e. The molecule has 1 aromatic carbocycles. The Morgan fingerprint density at radius 3 is 2.50 bits per heavy atom. The largest absolute Gasteiger partial charge is 0.480 e. The van der Waals surface area contributed by atoms with Gasteiger partial charge in [-0.3, -0.25) is 9.59 Å². The number of rotatable bonds is 4. The highest BCUT2D eigenvalue weighted by Crippen LogP contribution is 2.18. The molecule has 106 valence electrons. The molecule has 0 heterocycles. The number of carboxylic acids is 1. The van der Waals surface area contributed by atoms with Crippen molar-refractivity contribution in [2.75, 3.05) is 13.1 Å². The summed E-state index contributed by atoms with van der Waals surface area (Å²) in [5.74, 6) is -2.65. The second-order valence-electron chi connectivity index (χ2n) is 3.86. The van der Waals surface area contributed by atoms with Gasteiger partial charge >= 0.3 is 12.1 Å². The van der Waals surface area contributed by atoms with E-state index in [-0.39, 0.29) is 16.0 Å². The van der Waals surface area contributed by atoms with E-state index in [1.807, 2.05) is 0 Å². The molecular formula is C12H9F3N2O3. The lowest BCUT2D eigenvalue weighted by Crippen LogP contribution is -2.42. The Kier molecular flexibility index (Phi) is 4.69. The fourth-order valence-corrected chi connectivity index (χ4v) is 1.48. The van der Waals surface area contributed by atoms with Gasteiger partial charge in [0.2, 0.25) is 0 Å². The highest BCUT2D eigenvalue weighted by atomic mass is 19.4. The van der Waals surface area contributed by atoms with Gasteiger partial charge in [-0.2, -0.15) is 18.4 Å². The Balaban J connectivity index is 3.03. The van der Waals surface area contributed by atoms with Crippen LogP contribution in [0.5, 0.6) is 0 Å². The van der Waals surface area contributed by atoms with Crippen LogP contribution in [-0.2, 0) is 4.79 Å². The number of nitriles is 1. The van der Waals surface area contributed by atoms with E-state index in [4.69, 9.17) is 10.4 Å². The number of nitrogens with zero attached hydrogens (tertiary/aromatic N) is 2. The van der Waals surface area contributed by atoms with Crippen molar-refractivity contribution in [2.45, 2.75) is 6.18 Å². The SMILES string of the molecule is N#Cc1cccc(C(=O)N(CC(=O)O)CC(F)(F)F)c1. The van der Waals surface area contributed by atoms with Crippen LogP contribution in [0, 0.1) is 11.3 Å². The molecule has 0 aliphatic carbocycles. The van der Waals surface area contributed by atoms with Crippen LogP contribution in [0.3, 0.4) is 0 Å². The van der Waals surface area contributed by atoms with E-state index < -0.39 is 31.1 Å². The van der Waals surface area contributed by atoms with Crippen LogP contribution in [0.4, 0.5) is 13.2 Å². The van der Waals surface area contributed by atoms with Crippen LogP contribution in [0.25, 0.3) is 0 Å². The fraction of sp³-hybridized carbons (Fsp3) is 0.250. The monoisotopic (exact) mass is 286 g/mol. The van der Waals surface area contributed by atoms with Crippen molar-refractivity contribution >= 4 is 11.9 Å². The summed E-state index contributed by atoms with van der Waals surface area (Å²) in [7, 11) is 0. The van der Waals surface area contributed by atoms with Gasteiger partial charge in [0.15, 0.2) is 0 Å². The Labute approximate surface area is 111 Å². The summed E-state index contributed by atoms with van der Waals surface area (Å²) in [6, 6.07) is 6.77. The van der Waals surface area contributed by atoms with Crippen molar-refractivity contribution in [2.24, 2.45) is 0 Å². The summed E-state index contributed by atoms with van der Waals surface area (Å²) in [6.45, 7) is -2.75. The van der Waals surface area contributed by atoms with Crippen LogP contribution >= 0.6 is 0 Å². The van der Waals surface area contributed by atoms with Gasteiger partial charge in [0.05, 0.1) is 11.6 Å². The van der Waals surface area contributed by atoms with Crippen molar-refractivity contribution in [1.29, 1.82) is 5.26 Å². The van der Waals surface area contributed by atoms with Gasteiger partial charge in [-0.05, 0) is 18.2 Å². The zero-order chi connectivity index (χ0) is 15.3. The molecule has 8 heteroatoms. The quantitative estimate of drug-likeness (QED) is 0.912. The van der Waals surface area contributed by atoms with Gasteiger partial charge in [0, 0.05) is 5.56 Å². The third kappa shape index (κ3) is 4.61. The molecule has 0 radical (unpaired) electrons. The number of alkyl halides is 3. The average molecular weight is 286 g/mol. The molecule has 0 aromatic heterocycles. The molecular weight excluding hydrogens is 277 g/mol. The highest BCUT2D eigenvalue weighted by molar-refractivity contribution is 5.96. The predicted octanol–water partition coefficient (Wildman–Crippen LogP) is 1.65. The lowest BCUT2D eigenvalue weighted by Gasteiger charge is -2.22. The molecule has 0 fully saturated rings. The Morgan fingerprint density at radius 2 is 2.00 bits per heavy atom. The number of carboxylic acid groups (broad SMARTS) is 1. The average Bonchev–Trinajstić information content (AvgIpc) is 2.35. The number of amides is 1. The molecule has 0 bridgehead atoms. The van der Waals surface area contributed by atoms with E-state index in [0.29, 0.717) is 0 Å². The summed E-state index contributed by atoms with van der Waals surface area (Å²) in [5, 5.41) is 17.2. The van der Waals surface area contributed by atoms with Gasteiger partial charge in [-0.25, -0.2) is 0 Å². The Morgan fingerprint density at radius 1 is 1.35 bits per heavy atom. The molecule has 20 heavy (non-hydrogen) atoms. The fourth-order valence-electron chi connectivity index (χ4n) is 1.48. The maximum absolute atomic E-state index is 12.3. The number of carbonyl (C=O) groups is 2. The van der Waals surface area contributed by atoms with E-state index in [2.05, 4.69) is 0 Å². The standard InChI is InChI=1S/C12H9F3N2O3/c13-12(14,15)7-17(6-10(18)19)11(20)9-3-1-2-8(4-9)5-16/h1-4H,6-7H2,(H,18,19). The maximum Gasteiger partial charge on any atom is 0.406 e. The molecule has 0 atom stereocenters. The molecule has 1 aromatic rings. The van der Waals surface area contributed by atoms with Crippen molar-refractivity contribution < 1.29 is 27.9 Å². The first-order chi connectivity index (χ1) is 9.23. The number of hydrogen-bond donors (Lipinski definition) is 1. The van der Waals surface area contributed by atoms with Gasteiger partial charge in [0.25, 0.3) is 5.91 Å². The first-order valence-electron chi connectivity index (χ1n) is 5.31. The van der Waals surface area contributed by atoms with Crippen LogP contribution in [0.1, 0.15) is 15.9 Å². The van der Waals surface area contributed by atoms with Gasteiger partial charge in [0.1, 0.15) is 13.1 Å². The minimum absolute atomic E-state index is 0.0955. The molecule has 1 rings (SSSR count). The Bertz CT molecular complexity index is 564. The normalized spacial score (nSPS) is 10.7. The van der Waals surface area contributed by atoms with Crippen molar-refractivity contribution in [1.82, 2.24) is 4.90 Å². The van der Waals surface area contributed by atoms with Crippen LogP contribution in [0.15, 0.2) is 24.3 Å².